The number of ether oxygens (including phenoxy) is 2. The number of hydrogen-bond donors (Lipinski definition) is 1. The zero-order valence-electron chi connectivity index (χ0n) is 12.3. The third-order valence-electron chi connectivity index (χ3n) is 3.27. The molecule has 0 unspecified atom stereocenters. The lowest BCUT2D eigenvalue weighted by molar-refractivity contribution is -0.137. The molecule has 7 heteroatoms. The first-order chi connectivity index (χ1) is 10.8. The minimum atomic E-state index is -4.57. The van der Waals surface area contributed by atoms with Crippen LogP contribution in [0.2, 0.25) is 0 Å². The van der Waals surface area contributed by atoms with Crippen molar-refractivity contribution >= 4 is 5.97 Å². The number of carbonyl (C=O) groups is 1. The maximum absolute atomic E-state index is 12.9. The largest absolute Gasteiger partial charge is 0.493 e. The quantitative estimate of drug-likeness (QED) is 0.919. The lowest BCUT2D eigenvalue weighted by atomic mass is 9.96. The van der Waals surface area contributed by atoms with Crippen LogP contribution in [0.1, 0.15) is 15.9 Å². The van der Waals surface area contributed by atoms with E-state index in [0.717, 1.165) is 18.2 Å². The SMILES string of the molecule is COc1ccc(-c2cc(C(F)(F)F)ccc2C(=O)O)cc1OC. The molecule has 0 aromatic heterocycles. The van der Waals surface area contributed by atoms with Gasteiger partial charge in [-0.25, -0.2) is 4.79 Å². The predicted octanol–water partition coefficient (Wildman–Crippen LogP) is 4.09. The molecular weight excluding hydrogens is 313 g/mol. The van der Waals surface area contributed by atoms with Crippen molar-refractivity contribution in [1.29, 1.82) is 0 Å². The van der Waals surface area contributed by atoms with Crippen molar-refractivity contribution < 1.29 is 32.5 Å². The summed E-state index contributed by atoms with van der Waals surface area (Å²) in [4.78, 5) is 11.3. The Morgan fingerprint density at radius 2 is 1.65 bits per heavy atom. The smallest absolute Gasteiger partial charge is 0.416 e. The van der Waals surface area contributed by atoms with Crippen molar-refractivity contribution in [2.24, 2.45) is 0 Å². The van der Waals surface area contributed by atoms with E-state index in [1.165, 1.54) is 32.4 Å². The van der Waals surface area contributed by atoms with Crippen molar-refractivity contribution in [2.45, 2.75) is 6.18 Å². The third-order valence-corrected chi connectivity index (χ3v) is 3.27. The van der Waals surface area contributed by atoms with Gasteiger partial charge < -0.3 is 14.6 Å². The Kier molecular flexibility index (Phi) is 4.49. The van der Waals surface area contributed by atoms with Crippen molar-refractivity contribution in [2.75, 3.05) is 14.2 Å². The number of rotatable bonds is 4. The Hall–Kier alpha value is -2.70. The molecule has 0 saturated heterocycles. The van der Waals surface area contributed by atoms with Gasteiger partial charge in [-0.2, -0.15) is 13.2 Å². The topological polar surface area (TPSA) is 55.8 Å². The minimum absolute atomic E-state index is 0.0479. The molecule has 2 rings (SSSR count). The molecule has 2 aromatic carbocycles. The second-order valence-corrected chi connectivity index (χ2v) is 4.63. The number of carboxylic acids is 1. The fraction of sp³-hybridized carbons (Fsp3) is 0.188. The van der Waals surface area contributed by atoms with Crippen LogP contribution in [0.3, 0.4) is 0 Å². The van der Waals surface area contributed by atoms with Gasteiger partial charge in [0.1, 0.15) is 0 Å². The normalized spacial score (nSPS) is 11.2. The lowest BCUT2D eigenvalue weighted by Crippen LogP contribution is -2.08. The summed E-state index contributed by atoms with van der Waals surface area (Å²) in [7, 11) is 2.80. The highest BCUT2D eigenvalue weighted by Crippen LogP contribution is 2.37. The number of aromatic carboxylic acids is 1. The van der Waals surface area contributed by atoms with Crippen molar-refractivity contribution in [3.8, 4) is 22.6 Å². The van der Waals surface area contributed by atoms with E-state index in [-0.39, 0.29) is 16.7 Å². The van der Waals surface area contributed by atoms with E-state index in [9.17, 15) is 23.1 Å². The van der Waals surface area contributed by atoms with Crippen LogP contribution in [0.5, 0.6) is 11.5 Å². The van der Waals surface area contributed by atoms with Crippen LogP contribution in [-0.2, 0) is 6.18 Å². The van der Waals surface area contributed by atoms with E-state index in [4.69, 9.17) is 9.47 Å². The van der Waals surface area contributed by atoms with E-state index < -0.39 is 17.7 Å². The van der Waals surface area contributed by atoms with Crippen LogP contribution in [0.25, 0.3) is 11.1 Å². The van der Waals surface area contributed by atoms with Gasteiger partial charge in [0, 0.05) is 0 Å². The summed E-state index contributed by atoms with van der Waals surface area (Å²) < 4.78 is 48.8. The van der Waals surface area contributed by atoms with E-state index in [0.29, 0.717) is 11.5 Å². The molecule has 23 heavy (non-hydrogen) atoms. The van der Waals surface area contributed by atoms with E-state index in [1.807, 2.05) is 0 Å². The summed E-state index contributed by atoms with van der Waals surface area (Å²) in [5.41, 5.74) is -0.920. The summed E-state index contributed by atoms with van der Waals surface area (Å²) in [5, 5.41) is 9.21. The molecule has 0 aliphatic rings. The molecule has 1 N–H and O–H groups in total. The molecule has 0 bridgehead atoms. The molecule has 0 amide bonds. The third kappa shape index (κ3) is 3.39. The Balaban J connectivity index is 2.67. The average molecular weight is 326 g/mol. The number of halogens is 3. The Morgan fingerprint density at radius 3 is 2.17 bits per heavy atom. The first-order valence-corrected chi connectivity index (χ1v) is 6.45. The molecule has 0 spiro atoms. The van der Waals surface area contributed by atoms with Gasteiger partial charge in [0.05, 0.1) is 25.3 Å². The molecular formula is C16H13F3O4. The van der Waals surface area contributed by atoms with Crippen LogP contribution in [0.15, 0.2) is 36.4 Å². The van der Waals surface area contributed by atoms with Gasteiger partial charge >= 0.3 is 12.1 Å². The second kappa shape index (κ2) is 6.20. The lowest BCUT2D eigenvalue weighted by Gasteiger charge is -2.14. The van der Waals surface area contributed by atoms with Crippen LogP contribution in [0.4, 0.5) is 13.2 Å². The van der Waals surface area contributed by atoms with Crippen LogP contribution < -0.4 is 9.47 Å². The molecule has 0 heterocycles. The predicted molar refractivity (Wildman–Crippen MR) is 76.9 cm³/mol. The molecule has 0 saturated carbocycles. The fourth-order valence-electron chi connectivity index (χ4n) is 2.15. The molecule has 4 nitrogen and oxygen atoms in total. The summed E-state index contributed by atoms with van der Waals surface area (Å²) in [6.07, 6.45) is -4.57. The zero-order chi connectivity index (χ0) is 17.2. The number of methoxy groups -OCH3 is 2. The highest BCUT2D eigenvalue weighted by molar-refractivity contribution is 5.96. The number of benzene rings is 2. The molecule has 0 aliphatic carbocycles. The van der Waals surface area contributed by atoms with Gasteiger partial charge in [0.2, 0.25) is 0 Å². The number of carboxylic acid groups (broad SMARTS) is 1. The highest BCUT2D eigenvalue weighted by atomic mass is 19.4. The number of hydrogen-bond acceptors (Lipinski definition) is 3. The standard InChI is InChI=1S/C16H13F3O4/c1-22-13-6-3-9(7-14(13)23-2)12-8-10(16(17,18)19)4-5-11(12)15(20)21/h3-8H,1-2H3,(H,20,21). The van der Waals surface area contributed by atoms with Gasteiger partial charge in [0.25, 0.3) is 0 Å². The Labute approximate surface area is 130 Å². The first kappa shape index (κ1) is 16.7. The molecule has 0 atom stereocenters. The number of alkyl halides is 3. The molecule has 122 valence electrons. The molecule has 0 fully saturated rings. The van der Waals surface area contributed by atoms with Crippen LogP contribution >= 0.6 is 0 Å². The summed E-state index contributed by atoms with van der Waals surface area (Å²) >= 11 is 0. The first-order valence-electron chi connectivity index (χ1n) is 6.45. The Bertz CT molecular complexity index is 739. The van der Waals surface area contributed by atoms with Crippen molar-refractivity contribution in [1.82, 2.24) is 0 Å². The summed E-state index contributed by atoms with van der Waals surface area (Å²) in [6.45, 7) is 0. The maximum atomic E-state index is 12.9. The highest BCUT2D eigenvalue weighted by Gasteiger charge is 2.31. The Morgan fingerprint density at radius 1 is 1.00 bits per heavy atom. The molecule has 0 aliphatic heterocycles. The zero-order valence-corrected chi connectivity index (χ0v) is 12.3. The second-order valence-electron chi connectivity index (χ2n) is 4.63. The van der Waals surface area contributed by atoms with Gasteiger partial charge in [-0.3, -0.25) is 0 Å². The average Bonchev–Trinajstić information content (AvgIpc) is 2.52. The maximum Gasteiger partial charge on any atom is 0.416 e. The minimum Gasteiger partial charge on any atom is -0.493 e. The summed E-state index contributed by atoms with van der Waals surface area (Å²) in [6, 6.07) is 6.90. The van der Waals surface area contributed by atoms with Gasteiger partial charge in [0.15, 0.2) is 11.5 Å². The van der Waals surface area contributed by atoms with Gasteiger partial charge in [-0.15, -0.1) is 0 Å². The van der Waals surface area contributed by atoms with Crippen LogP contribution in [0, 0.1) is 0 Å². The fourth-order valence-corrected chi connectivity index (χ4v) is 2.15. The van der Waals surface area contributed by atoms with Crippen molar-refractivity contribution in [3.63, 3.8) is 0 Å². The van der Waals surface area contributed by atoms with Gasteiger partial charge in [-0.05, 0) is 41.5 Å². The van der Waals surface area contributed by atoms with E-state index in [1.54, 1.807) is 0 Å². The van der Waals surface area contributed by atoms with Crippen molar-refractivity contribution in [3.05, 3.63) is 47.5 Å². The van der Waals surface area contributed by atoms with E-state index >= 15 is 0 Å². The summed E-state index contributed by atoms with van der Waals surface area (Å²) in [5.74, 6) is -0.637. The van der Waals surface area contributed by atoms with E-state index in [2.05, 4.69) is 0 Å². The molecule has 2 aromatic rings. The molecule has 0 radical (unpaired) electrons. The monoisotopic (exact) mass is 326 g/mol. The van der Waals surface area contributed by atoms with Gasteiger partial charge in [-0.1, -0.05) is 6.07 Å². The van der Waals surface area contributed by atoms with Crippen LogP contribution in [-0.4, -0.2) is 25.3 Å².